The summed E-state index contributed by atoms with van der Waals surface area (Å²) in [4.78, 5) is 12.6. The van der Waals surface area contributed by atoms with Crippen LogP contribution in [0, 0.1) is 0 Å². The van der Waals surface area contributed by atoms with Crippen LogP contribution in [-0.2, 0) is 10.2 Å². The minimum atomic E-state index is -0.794. The molecule has 1 aromatic carbocycles. The molecule has 0 aliphatic rings. The summed E-state index contributed by atoms with van der Waals surface area (Å²) < 4.78 is 5.35. The van der Waals surface area contributed by atoms with Crippen molar-refractivity contribution in [1.29, 1.82) is 0 Å². The molecule has 1 aromatic rings. The molecule has 0 spiro atoms. The van der Waals surface area contributed by atoms with Crippen LogP contribution in [0.2, 0.25) is 0 Å². The standard InChI is InChI=1S/C15H23NO3/c1-15(2,3)11-6-7-13(19-5)12(10-11)16(4)9-8-14(17)18/h6-7,10H,8-9H2,1-5H3,(H,17,18). The first kappa shape index (κ1) is 15.3. The van der Waals surface area contributed by atoms with Crippen LogP contribution in [0.4, 0.5) is 5.69 Å². The monoisotopic (exact) mass is 265 g/mol. The molecule has 0 amide bonds. The van der Waals surface area contributed by atoms with Crippen molar-refractivity contribution in [2.24, 2.45) is 0 Å². The van der Waals surface area contributed by atoms with Gasteiger partial charge in [0, 0.05) is 13.6 Å². The Morgan fingerprint density at radius 1 is 1.37 bits per heavy atom. The van der Waals surface area contributed by atoms with Crippen LogP contribution in [0.5, 0.6) is 5.75 Å². The number of carbonyl (C=O) groups is 1. The number of ether oxygens (including phenoxy) is 1. The SMILES string of the molecule is COc1ccc(C(C)(C)C)cc1N(C)CCC(=O)O. The van der Waals surface area contributed by atoms with Crippen LogP contribution < -0.4 is 9.64 Å². The number of benzene rings is 1. The van der Waals surface area contributed by atoms with E-state index in [2.05, 4.69) is 26.8 Å². The van der Waals surface area contributed by atoms with E-state index in [4.69, 9.17) is 9.84 Å². The molecule has 0 aliphatic carbocycles. The van der Waals surface area contributed by atoms with Gasteiger partial charge in [-0.25, -0.2) is 0 Å². The smallest absolute Gasteiger partial charge is 0.305 e. The van der Waals surface area contributed by atoms with Gasteiger partial charge in [0.25, 0.3) is 0 Å². The maximum absolute atomic E-state index is 10.7. The van der Waals surface area contributed by atoms with Gasteiger partial charge >= 0.3 is 5.97 Å². The molecule has 0 saturated heterocycles. The number of anilines is 1. The maximum Gasteiger partial charge on any atom is 0.305 e. The van der Waals surface area contributed by atoms with Crippen molar-refractivity contribution < 1.29 is 14.6 Å². The van der Waals surface area contributed by atoms with E-state index < -0.39 is 5.97 Å². The van der Waals surface area contributed by atoms with E-state index in [0.717, 1.165) is 11.4 Å². The molecule has 19 heavy (non-hydrogen) atoms. The molecule has 0 unspecified atom stereocenters. The van der Waals surface area contributed by atoms with Gasteiger partial charge in [0.2, 0.25) is 0 Å². The molecule has 1 N–H and O–H groups in total. The number of methoxy groups -OCH3 is 1. The Balaban J connectivity index is 3.05. The molecule has 0 aliphatic heterocycles. The largest absolute Gasteiger partial charge is 0.495 e. The molecule has 4 heteroatoms. The highest BCUT2D eigenvalue weighted by Crippen LogP contribution is 2.33. The topological polar surface area (TPSA) is 49.8 Å². The lowest BCUT2D eigenvalue weighted by Gasteiger charge is -2.25. The second-order valence-electron chi connectivity index (χ2n) is 5.70. The van der Waals surface area contributed by atoms with E-state index in [1.807, 2.05) is 24.1 Å². The van der Waals surface area contributed by atoms with Gasteiger partial charge in [-0.05, 0) is 23.1 Å². The molecule has 0 fully saturated rings. The van der Waals surface area contributed by atoms with Gasteiger partial charge < -0.3 is 14.7 Å². The average molecular weight is 265 g/mol. The van der Waals surface area contributed by atoms with Gasteiger partial charge in [-0.1, -0.05) is 26.8 Å². The number of carboxylic acids is 1. The minimum absolute atomic E-state index is 0.0503. The van der Waals surface area contributed by atoms with Crippen molar-refractivity contribution >= 4 is 11.7 Å². The molecule has 0 heterocycles. The molecule has 0 saturated carbocycles. The second-order valence-corrected chi connectivity index (χ2v) is 5.70. The number of nitrogens with zero attached hydrogens (tertiary/aromatic N) is 1. The third kappa shape index (κ3) is 4.16. The molecule has 0 radical (unpaired) electrons. The van der Waals surface area contributed by atoms with Gasteiger partial charge in [0.05, 0.1) is 19.2 Å². The lowest BCUT2D eigenvalue weighted by Crippen LogP contribution is -2.22. The molecular weight excluding hydrogens is 242 g/mol. The average Bonchev–Trinajstić information content (AvgIpc) is 2.33. The van der Waals surface area contributed by atoms with Crippen molar-refractivity contribution in [3.63, 3.8) is 0 Å². The van der Waals surface area contributed by atoms with Gasteiger partial charge in [-0.2, -0.15) is 0 Å². The summed E-state index contributed by atoms with van der Waals surface area (Å²) in [6, 6.07) is 6.06. The first-order chi connectivity index (χ1) is 8.75. The molecular formula is C15H23NO3. The number of hydrogen-bond acceptors (Lipinski definition) is 3. The normalized spacial score (nSPS) is 11.2. The van der Waals surface area contributed by atoms with E-state index in [0.29, 0.717) is 6.54 Å². The summed E-state index contributed by atoms with van der Waals surface area (Å²) in [5, 5.41) is 8.76. The fourth-order valence-corrected chi connectivity index (χ4v) is 1.84. The van der Waals surface area contributed by atoms with Gasteiger partial charge in [-0.15, -0.1) is 0 Å². The van der Waals surface area contributed by atoms with Gasteiger partial charge in [0.1, 0.15) is 5.75 Å². The Labute approximate surface area is 115 Å². The quantitative estimate of drug-likeness (QED) is 0.889. The summed E-state index contributed by atoms with van der Waals surface area (Å²) in [6.45, 7) is 6.90. The van der Waals surface area contributed by atoms with E-state index >= 15 is 0 Å². The molecule has 4 nitrogen and oxygen atoms in total. The molecule has 106 valence electrons. The van der Waals surface area contributed by atoms with Crippen LogP contribution in [0.25, 0.3) is 0 Å². The first-order valence-electron chi connectivity index (χ1n) is 6.37. The third-order valence-corrected chi connectivity index (χ3v) is 3.12. The zero-order chi connectivity index (χ0) is 14.6. The molecule has 0 aromatic heterocycles. The van der Waals surface area contributed by atoms with Crippen LogP contribution >= 0.6 is 0 Å². The Morgan fingerprint density at radius 2 is 2.00 bits per heavy atom. The van der Waals surface area contributed by atoms with Gasteiger partial charge in [-0.3, -0.25) is 4.79 Å². The van der Waals surface area contributed by atoms with E-state index in [1.54, 1.807) is 7.11 Å². The van der Waals surface area contributed by atoms with Crippen LogP contribution in [-0.4, -0.2) is 31.8 Å². The van der Waals surface area contributed by atoms with E-state index in [1.165, 1.54) is 5.56 Å². The van der Waals surface area contributed by atoms with Crippen molar-refractivity contribution in [3.05, 3.63) is 23.8 Å². The number of aliphatic carboxylic acids is 1. The fourth-order valence-electron chi connectivity index (χ4n) is 1.84. The van der Waals surface area contributed by atoms with Crippen molar-refractivity contribution in [2.75, 3.05) is 25.6 Å². The van der Waals surface area contributed by atoms with Crippen molar-refractivity contribution in [2.45, 2.75) is 32.6 Å². The lowest BCUT2D eigenvalue weighted by molar-refractivity contribution is -0.136. The Kier molecular flexibility index (Phi) is 4.81. The minimum Gasteiger partial charge on any atom is -0.495 e. The highest BCUT2D eigenvalue weighted by atomic mass is 16.5. The highest BCUT2D eigenvalue weighted by Gasteiger charge is 2.17. The van der Waals surface area contributed by atoms with E-state index in [-0.39, 0.29) is 11.8 Å². The predicted molar refractivity (Wildman–Crippen MR) is 77.2 cm³/mol. The van der Waals surface area contributed by atoms with Crippen LogP contribution in [0.1, 0.15) is 32.8 Å². The number of rotatable bonds is 5. The highest BCUT2D eigenvalue weighted by molar-refractivity contribution is 5.68. The number of carboxylic acid groups (broad SMARTS) is 1. The van der Waals surface area contributed by atoms with Crippen LogP contribution in [0.3, 0.4) is 0 Å². The second kappa shape index (κ2) is 5.95. The van der Waals surface area contributed by atoms with E-state index in [9.17, 15) is 4.79 Å². The fraction of sp³-hybridized carbons (Fsp3) is 0.533. The summed E-state index contributed by atoms with van der Waals surface area (Å²) in [6.07, 6.45) is 0.111. The summed E-state index contributed by atoms with van der Waals surface area (Å²) in [5.74, 6) is -0.0290. The third-order valence-electron chi connectivity index (χ3n) is 3.12. The lowest BCUT2D eigenvalue weighted by atomic mass is 9.86. The van der Waals surface area contributed by atoms with Crippen molar-refractivity contribution in [3.8, 4) is 5.75 Å². The molecule has 0 bridgehead atoms. The summed E-state index contributed by atoms with van der Waals surface area (Å²) in [7, 11) is 3.51. The van der Waals surface area contributed by atoms with Crippen molar-refractivity contribution in [1.82, 2.24) is 0 Å². The summed E-state index contributed by atoms with van der Waals surface area (Å²) >= 11 is 0. The maximum atomic E-state index is 10.7. The molecule has 0 atom stereocenters. The Hall–Kier alpha value is -1.71. The predicted octanol–water partition coefficient (Wildman–Crippen LogP) is 2.90. The Bertz CT molecular complexity index is 449. The molecule has 1 rings (SSSR count). The summed E-state index contributed by atoms with van der Waals surface area (Å²) in [5.41, 5.74) is 2.18. The van der Waals surface area contributed by atoms with Gasteiger partial charge in [0.15, 0.2) is 0 Å². The Morgan fingerprint density at radius 3 is 2.47 bits per heavy atom. The van der Waals surface area contributed by atoms with Crippen LogP contribution in [0.15, 0.2) is 18.2 Å². The number of hydrogen-bond donors (Lipinski definition) is 1. The zero-order valence-electron chi connectivity index (χ0n) is 12.4. The first-order valence-corrected chi connectivity index (χ1v) is 6.37. The zero-order valence-corrected chi connectivity index (χ0v) is 12.4.